The summed E-state index contributed by atoms with van der Waals surface area (Å²) >= 11 is 0. The van der Waals surface area contributed by atoms with Crippen LogP contribution in [0.5, 0.6) is 5.75 Å². The van der Waals surface area contributed by atoms with Crippen molar-refractivity contribution in [2.45, 2.75) is 51.6 Å². The summed E-state index contributed by atoms with van der Waals surface area (Å²) in [7, 11) is -1.50. The molecule has 4 aromatic rings. The third-order valence-corrected chi connectivity index (χ3v) is 12.6. The van der Waals surface area contributed by atoms with Gasteiger partial charge in [-0.3, -0.25) is 24.6 Å². The summed E-state index contributed by atoms with van der Waals surface area (Å²) in [5, 5.41) is 21.7. The van der Waals surface area contributed by atoms with Crippen molar-refractivity contribution in [3.05, 3.63) is 125 Å². The van der Waals surface area contributed by atoms with Crippen molar-refractivity contribution in [2.75, 3.05) is 63.9 Å². The molecule has 8 rings (SSSR count). The summed E-state index contributed by atoms with van der Waals surface area (Å²) in [6.07, 6.45) is 3.74. The number of rotatable bonds is 13. The summed E-state index contributed by atoms with van der Waals surface area (Å²) in [6, 6.07) is 31.7. The second-order valence-corrected chi connectivity index (χ2v) is 16.3. The normalized spacial score (nSPS) is 19.7. The van der Waals surface area contributed by atoms with Crippen molar-refractivity contribution in [1.82, 2.24) is 20.0 Å². The van der Waals surface area contributed by atoms with Crippen molar-refractivity contribution >= 4 is 47.1 Å². The van der Waals surface area contributed by atoms with E-state index in [4.69, 9.17) is 4.74 Å². The van der Waals surface area contributed by atoms with Crippen LogP contribution in [0.25, 0.3) is 11.1 Å². The summed E-state index contributed by atoms with van der Waals surface area (Å²) in [5.41, 5.74) is 8.82. The molecule has 306 valence electrons. The molecule has 3 amide bonds. The van der Waals surface area contributed by atoms with E-state index in [0.29, 0.717) is 36.5 Å². The van der Waals surface area contributed by atoms with E-state index in [-0.39, 0.29) is 24.1 Å². The molecule has 12 heteroatoms. The standard InChI is InChI=1S/C47H54BN5O6/c1-2-41(34-6-4-3-5-7-34)45(35-8-12-38(13-9-35)48(57)58)36-10-15-40(16-11-36)59-29-28-50-24-26-51(27-25-50)31-33-20-22-52(23-21-33)39-14-17-42-37(30-39)32-53(47(42)56)43-18-19-44(54)49-46(43)55/h3-17,30,33,43,57-58H,2,18-29,31-32H2,1H3,(H,49,54,55)/b45-41-/t43-/m0/s1. The van der Waals surface area contributed by atoms with Gasteiger partial charge in [-0.2, -0.15) is 0 Å². The molecular weight excluding hydrogens is 741 g/mol. The molecule has 59 heavy (non-hydrogen) atoms. The Bertz CT molecular complexity index is 2150. The van der Waals surface area contributed by atoms with E-state index in [1.165, 1.54) is 5.57 Å². The van der Waals surface area contributed by atoms with Crippen LogP contribution in [0.1, 0.15) is 71.6 Å². The average Bonchev–Trinajstić information content (AvgIpc) is 3.59. The van der Waals surface area contributed by atoms with Crippen LogP contribution in [0.4, 0.5) is 5.69 Å². The molecule has 4 aromatic carbocycles. The maximum Gasteiger partial charge on any atom is 0.488 e. The molecule has 3 N–H and O–H groups in total. The number of anilines is 1. The Morgan fingerprint density at radius 2 is 1.46 bits per heavy atom. The number of carbonyl (C=O) groups is 3. The second kappa shape index (κ2) is 18.3. The minimum atomic E-state index is -1.50. The largest absolute Gasteiger partial charge is 0.492 e. The number of imide groups is 1. The van der Waals surface area contributed by atoms with Gasteiger partial charge in [0.1, 0.15) is 18.4 Å². The molecule has 0 saturated carbocycles. The second-order valence-electron chi connectivity index (χ2n) is 16.3. The summed E-state index contributed by atoms with van der Waals surface area (Å²) < 4.78 is 6.25. The van der Waals surface area contributed by atoms with E-state index in [0.717, 1.165) is 111 Å². The zero-order valence-electron chi connectivity index (χ0n) is 33.9. The Kier molecular flexibility index (Phi) is 12.6. The van der Waals surface area contributed by atoms with Crippen LogP contribution in [-0.4, -0.2) is 115 Å². The molecule has 4 aliphatic rings. The SMILES string of the molecule is CC/C(=C(/c1ccc(OCCN2CCN(CC3CCN(c4ccc5c(c4)CN([C@H]4CCC(=O)NC4=O)C5=O)CC3)CC2)cc1)c1ccc(B(O)O)cc1)c1ccccc1. The lowest BCUT2D eigenvalue weighted by Crippen LogP contribution is -2.52. The maximum absolute atomic E-state index is 13.1. The molecule has 4 heterocycles. The number of hydrogen-bond donors (Lipinski definition) is 3. The van der Waals surface area contributed by atoms with E-state index < -0.39 is 13.2 Å². The van der Waals surface area contributed by atoms with Gasteiger partial charge in [0, 0.05) is 76.6 Å². The fraction of sp³-hybridized carbons (Fsp3) is 0.383. The Hall–Kier alpha value is -5.27. The third kappa shape index (κ3) is 9.31. The van der Waals surface area contributed by atoms with Gasteiger partial charge in [0.05, 0.1) is 0 Å². The number of nitrogens with one attached hydrogen (secondary N) is 1. The zero-order valence-corrected chi connectivity index (χ0v) is 33.9. The quantitative estimate of drug-likeness (QED) is 0.103. The van der Waals surface area contributed by atoms with Gasteiger partial charge in [-0.25, -0.2) is 0 Å². The predicted molar refractivity (Wildman–Crippen MR) is 231 cm³/mol. The highest BCUT2D eigenvalue weighted by Crippen LogP contribution is 2.35. The Morgan fingerprint density at radius 3 is 2.12 bits per heavy atom. The Labute approximate surface area is 347 Å². The highest BCUT2D eigenvalue weighted by Gasteiger charge is 2.39. The topological polar surface area (TPSA) is 126 Å². The van der Waals surface area contributed by atoms with Crippen LogP contribution >= 0.6 is 0 Å². The van der Waals surface area contributed by atoms with E-state index in [9.17, 15) is 24.4 Å². The number of fused-ring (bicyclic) bond motifs is 1. The number of piperidine rings is 2. The number of ether oxygens (including phenoxy) is 1. The molecule has 11 nitrogen and oxygen atoms in total. The number of amides is 3. The molecule has 0 unspecified atom stereocenters. The van der Waals surface area contributed by atoms with Gasteiger partial charge >= 0.3 is 7.12 Å². The lowest BCUT2D eigenvalue weighted by molar-refractivity contribution is -0.136. The van der Waals surface area contributed by atoms with E-state index >= 15 is 0 Å². The Balaban J connectivity index is 0.785. The molecule has 0 bridgehead atoms. The fourth-order valence-electron chi connectivity index (χ4n) is 9.20. The fourth-order valence-corrected chi connectivity index (χ4v) is 9.20. The molecule has 3 fully saturated rings. The van der Waals surface area contributed by atoms with Crippen LogP contribution in [0.3, 0.4) is 0 Å². The number of hydrogen-bond acceptors (Lipinski definition) is 9. The maximum atomic E-state index is 13.1. The van der Waals surface area contributed by atoms with Crippen LogP contribution in [0.2, 0.25) is 0 Å². The van der Waals surface area contributed by atoms with Gasteiger partial charge in [0.2, 0.25) is 11.8 Å². The molecular formula is C47H54BN5O6. The molecule has 0 aliphatic carbocycles. The zero-order chi connectivity index (χ0) is 40.9. The minimum Gasteiger partial charge on any atom is -0.492 e. The minimum absolute atomic E-state index is 0.127. The van der Waals surface area contributed by atoms with Crippen molar-refractivity contribution < 1.29 is 29.2 Å². The highest BCUT2D eigenvalue weighted by molar-refractivity contribution is 6.58. The van der Waals surface area contributed by atoms with E-state index in [2.05, 4.69) is 69.4 Å². The molecule has 0 spiro atoms. The number of piperazine rings is 1. The molecule has 1 atom stereocenters. The molecule has 0 radical (unpaired) electrons. The number of nitrogens with zero attached hydrogens (tertiary/aromatic N) is 4. The molecule has 3 saturated heterocycles. The first-order valence-electron chi connectivity index (χ1n) is 21.2. The summed E-state index contributed by atoms with van der Waals surface area (Å²) in [4.78, 5) is 46.4. The smallest absolute Gasteiger partial charge is 0.488 e. The van der Waals surface area contributed by atoms with Gasteiger partial charge in [-0.05, 0) is 101 Å². The Morgan fingerprint density at radius 1 is 0.780 bits per heavy atom. The van der Waals surface area contributed by atoms with Gasteiger partial charge in [0.15, 0.2) is 0 Å². The highest BCUT2D eigenvalue weighted by atomic mass is 16.5. The van der Waals surface area contributed by atoms with Crippen molar-refractivity contribution in [1.29, 1.82) is 0 Å². The van der Waals surface area contributed by atoms with Crippen molar-refractivity contribution in [2.24, 2.45) is 5.92 Å². The van der Waals surface area contributed by atoms with Crippen LogP contribution in [-0.2, 0) is 16.1 Å². The summed E-state index contributed by atoms with van der Waals surface area (Å²) in [5.74, 6) is 0.729. The van der Waals surface area contributed by atoms with Gasteiger partial charge in [-0.1, -0.05) is 73.7 Å². The number of benzene rings is 4. The molecule has 0 aromatic heterocycles. The summed E-state index contributed by atoms with van der Waals surface area (Å²) in [6.45, 7) is 11.4. The third-order valence-electron chi connectivity index (χ3n) is 12.6. The van der Waals surface area contributed by atoms with Crippen molar-refractivity contribution in [3.63, 3.8) is 0 Å². The van der Waals surface area contributed by atoms with Gasteiger partial charge in [-0.15, -0.1) is 0 Å². The van der Waals surface area contributed by atoms with Crippen LogP contribution in [0.15, 0.2) is 97.1 Å². The first-order chi connectivity index (χ1) is 28.7. The monoisotopic (exact) mass is 795 g/mol. The van der Waals surface area contributed by atoms with Crippen LogP contribution in [0, 0.1) is 5.92 Å². The van der Waals surface area contributed by atoms with E-state index in [1.54, 1.807) is 17.0 Å². The van der Waals surface area contributed by atoms with E-state index in [1.807, 2.05) is 42.5 Å². The predicted octanol–water partition coefficient (Wildman–Crippen LogP) is 4.41. The first-order valence-corrected chi connectivity index (χ1v) is 21.2. The lowest BCUT2D eigenvalue weighted by Gasteiger charge is -2.39. The van der Waals surface area contributed by atoms with Crippen molar-refractivity contribution in [3.8, 4) is 5.75 Å². The number of allylic oxidation sites excluding steroid dienone is 1. The van der Waals surface area contributed by atoms with Crippen LogP contribution < -0.4 is 20.4 Å². The first kappa shape index (κ1) is 40.5. The van der Waals surface area contributed by atoms with Gasteiger partial charge < -0.3 is 29.5 Å². The number of carbonyl (C=O) groups excluding carboxylic acids is 3. The lowest BCUT2D eigenvalue weighted by atomic mass is 9.79. The molecule has 4 aliphatic heterocycles. The van der Waals surface area contributed by atoms with Gasteiger partial charge in [0.25, 0.3) is 5.91 Å². The average molecular weight is 796 g/mol.